The Morgan fingerprint density at radius 3 is 2.65 bits per heavy atom. The maximum absolute atomic E-state index is 11.4. The summed E-state index contributed by atoms with van der Waals surface area (Å²) in [6, 6.07) is 2.95. The van der Waals surface area contributed by atoms with Crippen LogP contribution in [0.4, 0.5) is 5.69 Å². The molecule has 90 valence electrons. The van der Waals surface area contributed by atoms with E-state index in [0.29, 0.717) is 24.2 Å². The van der Waals surface area contributed by atoms with Crippen LogP contribution in [0.5, 0.6) is 0 Å². The zero-order chi connectivity index (χ0) is 12.6. The predicted octanol–water partition coefficient (Wildman–Crippen LogP) is 0.786. The maximum atomic E-state index is 11.4. The van der Waals surface area contributed by atoms with Gasteiger partial charge in [0, 0.05) is 19.2 Å². The van der Waals surface area contributed by atoms with Crippen molar-refractivity contribution in [1.29, 1.82) is 0 Å². The van der Waals surface area contributed by atoms with Gasteiger partial charge in [0.05, 0.1) is 12.2 Å². The van der Waals surface area contributed by atoms with Gasteiger partial charge in [0.25, 0.3) is 0 Å². The molecular formula is C12H13NO4. The second kappa shape index (κ2) is 4.18. The Hall–Kier alpha value is -1.88. The number of aliphatic hydroxyl groups is 1. The van der Waals surface area contributed by atoms with E-state index in [9.17, 15) is 14.7 Å². The molecule has 0 radical (unpaired) electrons. The van der Waals surface area contributed by atoms with Crippen molar-refractivity contribution in [3.05, 3.63) is 28.8 Å². The monoisotopic (exact) mass is 235 g/mol. The molecule has 17 heavy (non-hydrogen) atoms. The van der Waals surface area contributed by atoms with Crippen LogP contribution in [0, 0.1) is 0 Å². The Morgan fingerprint density at radius 1 is 1.41 bits per heavy atom. The molecule has 1 aromatic carbocycles. The molecule has 2 N–H and O–H groups in total. The van der Waals surface area contributed by atoms with Crippen LogP contribution in [0.15, 0.2) is 12.1 Å². The highest BCUT2D eigenvalue weighted by molar-refractivity contribution is 5.97. The van der Waals surface area contributed by atoms with Gasteiger partial charge < -0.3 is 15.1 Å². The molecule has 2 rings (SSSR count). The molecule has 0 spiro atoms. The van der Waals surface area contributed by atoms with Crippen LogP contribution in [0.1, 0.15) is 28.4 Å². The maximum Gasteiger partial charge on any atom is 0.335 e. The van der Waals surface area contributed by atoms with Crippen molar-refractivity contribution in [2.45, 2.75) is 20.0 Å². The van der Waals surface area contributed by atoms with Gasteiger partial charge in [-0.2, -0.15) is 0 Å². The highest BCUT2D eigenvalue weighted by atomic mass is 16.4. The van der Waals surface area contributed by atoms with Crippen molar-refractivity contribution in [1.82, 2.24) is 0 Å². The molecule has 1 heterocycles. The number of hydrogen-bond acceptors (Lipinski definition) is 3. The highest BCUT2D eigenvalue weighted by Crippen LogP contribution is 2.32. The van der Waals surface area contributed by atoms with Gasteiger partial charge in [-0.1, -0.05) is 0 Å². The first kappa shape index (κ1) is 11.6. The number of benzene rings is 1. The number of aromatic carboxylic acids is 1. The van der Waals surface area contributed by atoms with Gasteiger partial charge in [0.2, 0.25) is 5.91 Å². The lowest BCUT2D eigenvalue weighted by molar-refractivity contribution is -0.116. The first-order chi connectivity index (χ1) is 8.04. The van der Waals surface area contributed by atoms with Crippen LogP contribution in [-0.2, 0) is 17.8 Å². The van der Waals surface area contributed by atoms with Crippen LogP contribution in [-0.4, -0.2) is 28.6 Å². The number of carbonyl (C=O) groups excluding carboxylic acids is 1. The Labute approximate surface area is 98.3 Å². The molecule has 0 unspecified atom stereocenters. The van der Waals surface area contributed by atoms with E-state index in [1.165, 1.54) is 19.1 Å². The summed E-state index contributed by atoms with van der Waals surface area (Å²) < 4.78 is 0. The summed E-state index contributed by atoms with van der Waals surface area (Å²) in [5.74, 6) is -1.17. The lowest BCUT2D eigenvalue weighted by Crippen LogP contribution is -2.25. The van der Waals surface area contributed by atoms with Gasteiger partial charge in [-0.05, 0) is 29.7 Å². The Kier molecular flexibility index (Phi) is 2.85. The minimum absolute atomic E-state index is 0.0981. The van der Waals surface area contributed by atoms with E-state index in [1.54, 1.807) is 4.90 Å². The average Bonchev–Trinajstić information content (AvgIpc) is 2.70. The zero-order valence-corrected chi connectivity index (χ0v) is 9.43. The third-order valence-corrected chi connectivity index (χ3v) is 2.99. The quantitative estimate of drug-likeness (QED) is 0.794. The number of hydrogen-bond donors (Lipinski definition) is 2. The van der Waals surface area contributed by atoms with Crippen LogP contribution >= 0.6 is 0 Å². The molecule has 1 aliphatic rings. The number of carboxylic acid groups (broad SMARTS) is 1. The number of aliphatic hydroxyl groups excluding tert-OH is 1. The lowest BCUT2D eigenvalue weighted by Gasteiger charge is -2.16. The molecule has 1 aliphatic heterocycles. The van der Waals surface area contributed by atoms with Crippen LogP contribution in [0.25, 0.3) is 0 Å². The molecular weight excluding hydrogens is 222 g/mol. The van der Waals surface area contributed by atoms with E-state index in [0.717, 1.165) is 5.56 Å². The highest BCUT2D eigenvalue weighted by Gasteiger charge is 2.26. The van der Waals surface area contributed by atoms with Crippen LogP contribution in [0.3, 0.4) is 0 Å². The largest absolute Gasteiger partial charge is 0.478 e. The van der Waals surface area contributed by atoms with Crippen molar-refractivity contribution < 1.29 is 19.8 Å². The van der Waals surface area contributed by atoms with Crippen molar-refractivity contribution >= 4 is 17.6 Å². The summed E-state index contributed by atoms with van der Waals surface area (Å²) in [4.78, 5) is 23.9. The minimum Gasteiger partial charge on any atom is -0.478 e. The summed E-state index contributed by atoms with van der Waals surface area (Å²) in [5, 5.41) is 18.2. The molecule has 0 atom stereocenters. The van der Waals surface area contributed by atoms with E-state index in [2.05, 4.69) is 0 Å². The number of carboxylic acids is 1. The second-order valence-corrected chi connectivity index (χ2v) is 4.02. The normalized spacial score (nSPS) is 13.6. The fraction of sp³-hybridized carbons (Fsp3) is 0.333. The third-order valence-electron chi connectivity index (χ3n) is 2.99. The van der Waals surface area contributed by atoms with Crippen LogP contribution in [0.2, 0.25) is 0 Å². The summed E-state index contributed by atoms with van der Waals surface area (Å²) in [7, 11) is 0. The van der Waals surface area contributed by atoms with Gasteiger partial charge in [0.15, 0.2) is 0 Å². The number of anilines is 1. The van der Waals surface area contributed by atoms with Crippen molar-refractivity contribution in [2.75, 3.05) is 11.4 Å². The van der Waals surface area contributed by atoms with E-state index in [-0.39, 0.29) is 18.1 Å². The summed E-state index contributed by atoms with van der Waals surface area (Å²) in [6.07, 6.45) is 0.657. The lowest BCUT2D eigenvalue weighted by atomic mass is 10.0. The Bertz CT molecular complexity index is 496. The first-order valence-corrected chi connectivity index (χ1v) is 5.32. The van der Waals surface area contributed by atoms with Gasteiger partial charge in [0.1, 0.15) is 0 Å². The topological polar surface area (TPSA) is 77.8 Å². The Balaban J connectivity index is 2.58. The third kappa shape index (κ3) is 1.89. The summed E-state index contributed by atoms with van der Waals surface area (Å²) >= 11 is 0. The SMILES string of the molecule is CC(=O)N1CCc2c(CO)cc(C(=O)O)cc21. The molecule has 0 fully saturated rings. The summed E-state index contributed by atoms with van der Waals surface area (Å²) in [5.41, 5.74) is 2.17. The second-order valence-electron chi connectivity index (χ2n) is 4.02. The average molecular weight is 235 g/mol. The number of nitrogens with zero attached hydrogens (tertiary/aromatic N) is 1. The van der Waals surface area contributed by atoms with Crippen molar-refractivity contribution in [2.24, 2.45) is 0 Å². The summed E-state index contributed by atoms with van der Waals surface area (Å²) in [6.45, 7) is 1.77. The minimum atomic E-state index is -1.06. The number of fused-ring (bicyclic) bond motifs is 1. The number of rotatable bonds is 2. The van der Waals surface area contributed by atoms with Crippen molar-refractivity contribution in [3.63, 3.8) is 0 Å². The number of carbonyl (C=O) groups is 2. The molecule has 5 heteroatoms. The zero-order valence-electron chi connectivity index (χ0n) is 9.43. The van der Waals surface area contributed by atoms with Gasteiger partial charge in [-0.15, -0.1) is 0 Å². The van der Waals surface area contributed by atoms with E-state index in [4.69, 9.17) is 5.11 Å². The first-order valence-electron chi connectivity index (χ1n) is 5.32. The van der Waals surface area contributed by atoms with E-state index >= 15 is 0 Å². The molecule has 0 aromatic heterocycles. The van der Waals surface area contributed by atoms with Gasteiger partial charge >= 0.3 is 5.97 Å². The fourth-order valence-corrected chi connectivity index (χ4v) is 2.18. The predicted molar refractivity (Wildman–Crippen MR) is 61.1 cm³/mol. The van der Waals surface area contributed by atoms with Crippen LogP contribution < -0.4 is 4.90 Å². The Morgan fingerprint density at radius 2 is 2.12 bits per heavy atom. The molecule has 1 amide bonds. The molecule has 0 saturated heterocycles. The fourth-order valence-electron chi connectivity index (χ4n) is 2.18. The van der Waals surface area contributed by atoms with Gasteiger partial charge in [-0.3, -0.25) is 4.79 Å². The van der Waals surface area contributed by atoms with E-state index < -0.39 is 5.97 Å². The smallest absolute Gasteiger partial charge is 0.335 e. The molecule has 0 bridgehead atoms. The van der Waals surface area contributed by atoms with Gasteiger partial charge in [-0.25, -0.2) is 4.79 Å². The van der Waals surface area contributed by atoms with Crippen molar-refractivity contribution in [3.8, 4) is 0 Å². The molecule has 5 nitrogen and oxygen atoms in total. The molecule has 0 saturated carbocycles. The van der Waals surface area contributed by atoms with E-state index in [1.807, 2.05) is 0 Å². The molecule has 0 aliphatic carbocycles. The number of amides is 1. The molecule has 1 aromatic rings. The standard InChI is InChI=1S/C12H13NO4/c1-7(15)13-3-2-10-9(6-14)4-8(12(16)17)5-11(10)13/h4-5,14H,2-3,6H2,1H3,(H,16,17).